The van der Waals surface area contributed by atoms with Crippen molar-refractivity contribution in [3.8, 4) is 6.07 Å². The summed E-state index contributed by atoms with van der Waals surface area (Å²) < 4.78 is 42.5. The number of aromatic nitrogens is 2. The predicted molar refractivity (Wildman–Crippen MR) is 110 cm³/mol. The van der Waals surface area contributed by atoms with Crippen LogP contribution in [0, 0.1) is 11.3 Å². The molecule has 1 aliphatic rings. The number of rotatable bonds is 4. The van der Waals surface area contributed by atoms with E-state index in [2.05, 4.69) is 15.6 Å². The number of fused-ring (bicyclic) bond motifs is 1. The zero-order valence-electron chi connectivity index (χ0n) is 16.7. The van der Waals surface area contributed by atoms with Crippen LogP contribution < -0.4 is 4.90 Å². The van der Waals surface area contributed by atoms with Gasteiger partial charge < -0.3 is 9.47 Å². The van der Waals surface area contributed by atoms with Gasteiger partial charge in [0.25, 0.3) is 0 Å². The maximum Gasteiger partial charge on any atom is 0.417 e. The average molecular weight is 412 g/mol. The number of halogens is 3. The summed E-state index contributed by atoms with van der Waals surface area (Å²) in [6, 6.07) is 14.1. The summed E-state index contributed by atoms with van der Waals surface area (Å²) in [7, 11) is 0. The van der Waals surface area contributed by atoms with Crippen LogP contribution in [0.15, 0.2) is 48.8 Å². The SMILES string of the molecule is CCN(c1ccc(C#N)c(C(F)(F)F)c1)C1CCCC(n2cnc3ccccc32)C1. The van der Waals surface area contributed by atoms with Gasteiger partial charge in [-0.2, -0.15) is 18.4 Å². The summed E-state index contributed by atoms with van der Waals surface area (Å²) in [6.45, 7) is 2.56. The van der Waals surface area contributed by atoms with E-state index in [9.17, 15) is 13.2 Å². The number of hydrogen-bond acceptors (Lipinski definition) is 3. The maximum absolute atomic E-state index is 13.4. The highest BCUT2D eigenvalue weighted by molar-refractivity contribution is 5.75. The van der Waals surface area contributed by atoms with Gasteiger partial charge in [-0.05, 0) is 62.9 Å². The number of anilines is 1. The van der Waals surface area contributed by atoms with Gasteiger partial charge in [-0.1, -0.05) is 12.1 Å². The van der Waals surface area contributed by atoms with Crippen LogP contribution in [0.25, 0.3) is 11.0 Å². The molecule has 0 bridgehead atoms. The first-order chi connectivity index (χ1) is 14.4. The third kappa shape index (κ3) is 3.74. The Morgan fingerprint density at radius 3 is 2.73 bits per heavy atom. The lowest BCUT2D eigenvalue weighted by Crippen LogP contribution is -2.39. The van der Waals surface area contributed by atoms with E-state index in [1.54, 1.807) is 12.1 Å². The van der Waals surface area contributed by atoms with Crippen molar-refractivity contribution in [2.75, 3.05) is 11.4 Å². The molecule has 2 unspecified atom stereocenters. The van der Waals surface area contributed by atoms with E-state index in [4.69, 9.17) is 5.26 Å². The van der Waals surface area contributed by atoms with Crippen molar-refractivity contribution in [3.63, 3.8) is 0 Å². The van der Waals surface area contributed by atoms with Gasteiger partial charge in [-0.3, -0.25) is 0 Å². The molecule has 1 saturated carbocycles. The summed E-state index contributed by atoms with van der Waals surface area (Å²) in [6.07, 6.45) is 1.12. The van der Waals surface area contributed by atoms with Crippen LogP contribution in [0.2, 0.25) is 0 Å². The lowest BCUT2D eigenvalue weighted by molar-refractivity contribution is -0.137. The van der Waals surface area contributed by atoms with E-state index in [1.165, 1.54) is 6.07 Å². The van der Waals surface area contributed by atoms with Gasteiger partial charge >= 0.3 is 6.18 Å². The van der Waals surface area contributed by atoms with E-state index < -0.39 is 11.7 Å². The van der Waals surface area contributed by atoms with Crippen molar-refractivity contribution in [2.24, 2.45) is 0 Å². The van der Waals surface area contributed by atoms with Gasteiger partial charge in [0.15, 0.2) is 0 Å². The minimum atomic E-state index is -4.55. The molecule has 1 aromatic heterocycles. The highest BCUT2D eigenvalue weighted by atomic mass is 19.4. The van der Waals surface area contributed by atoms with Crippen molar-refractivity contribution >= 4 is 16.7 Å². The predicted octanol–water partition coefficient (Wildman–Crippen LogP) is 5.94. The topological polar surface area (TPSA) is 44.9 Å². The Balaban J connectivity index is 1.63. The highest BCUT2D eigenvalue weighted by Gasteiger charge is 2.35. The third-order valence-corrected chi connectivity index (χ3v) is 6.04. The molecule has 0 aliphatic heterocycles. The molecule has 7 heteroatoms. The van der Waals surface area contributed by atoms with Crippen molar-refractivity contribution < 1.29 is 13.2 Å². The number of nitriles is 1. The van der Waals surface area contributed by atoms with Crippen LogP contribution in [0.1, 0.15) is 49.8 Å². The first-order valence-electron chi connectivity index (χ1n) is 10.2. The number of imidazole rings is 1. The fourth-order valence-electron chi connectivity index (χ4n) is 4.64. The number of nitrogens with zero attached hydrogens (tertiary/aromatic N) is 4. The second-order valence-electron chi connectivity index (χ2n) is 7.74. The Morgan fingerprint density at radius 2 is 2.00 bits per heavy atom. The molecular formula is C23H23F3N4. The number of benzene rings is 2. The van der Waals surface area contributed by atoms with Gasteiger partial charge in [0.1, 0.15) is 0 Å². The van der Waals surface area contributed by atoms with Crippen LogP contribution >= 0.6 is 0 Å². The minimum Gasteiger partial charge on any atom is -0.369 e. The lowest BCUT2D eigenvalue weighted by atomic mass is 9.89. The Bertz CT molecular complexity index is 1080. The molecule has 3 aromatic rings. The Morgan fingerprint density at radius 1 is 1.20 bits per heavy atom. The van der Waals surface area contributed by atoms with Gasteiger partial charge in [0.2, 0.25) is 0 Å². The van der Waals surface area contributed by atoms with Crippen LogP contribution in [0.3, 0.4) is 0 Å². The van der Waals surface area contributed by atoms with Gasteiger partial charge in [-0.25, -0.2) is 4.98 Å². The van der Waals surface area contributed by atoms with Crippen LogP contribution in [-0.4, -0.2) is 22.1 Å². The Hall–Kier alpha value is -3.01. The molecule has 4 rings (SSSR count). The zero-order valence-corrected chi connectivity index (χ0v) is 16.7. The zero-order chi connectivity index (χ0) is 21.3. The molecular weight excluding hydrogens is 389 g/mol. The quantitative estimate of drug-likeness (QED) is 0.533. The van der Waals surface area contributed by atoms with Crippen LogP contribution in [-0.2, 0) is 6.18 Å². The number of para-hydroxylation sites is 2. The van der Waals surface area contributed by atoms with E-state index in [0.29, 0.717) is 12.2 Å². The summed E-state index contributed by atoms with van der Waals surface area (Å²) in [5, 5.41) is 9.07. The molecule has 0 amide bonds. The molecule has 1 aliphatic carbocycles. The molecule has 2 atom stereocenters. The summed E-state index contributed by atoms with van der Waals surface area (Å²) in [4.78, 5) is 6.54. The molecule has 0 N–H and O–H groups in total. The fourth-order valence-corrected chi connectivity index (χ4v) is 4.64. The molecule has 30 heavy (non-hydrogen) atoms. The molecule has 0 radical (unpaired) electrons. The Kier molecular flexibility index (Phi) is 5.42. The second-order valence-corrected chi connectivity index (χ2v) is 7.74. The van der Waals surface area contributed by atoms with Crippen LogP contribution in [0.5, 0.6) is 0 Å². The number of alkyl halides is 3. The van der Waals surface area contributed by atoms with Crippen LogP contribution in [0.4, 0.5) is 18.9 Å². The minimum absolute atomic E-state index is 0.129. The third-order valence-electron chi connectivity index (χ3n) is 6.04. The molecule has 0 saturated heterocycles. The van der Waals surface area contributed by atoms with E-state index in [0.717, 1.165) is 42.8 Å². The van der Waals surface area contributed by atoms with E-state index >= 15 is 0 Å². The standard InChI is InChI=1S/C23H23F3N4/c1-2-29(19-11-10-16(14-27)20(13-19)23(24,25)26)17-6-5-7-18(12-17)30-15-28-21-8-3-4-9-22(21)30/h3-4,8-11,13,15,17-18H,2,5-7,12H2,1H3. The van der Waals surface area contributed by atoms with Crippen molar-refractivity contribution in [3.05, 3.63) is 59.9 Å². The second kappa shape index (κ2) is 8.02. The summed E-state index contributed by atoms with van der Waals surface area (Å²) in [5.41, 5.74) is 1.35. The molecule has 0 spiro atoms. The molecule has 1 heterocycles. The smallest absolute Gasteiger partial charge is 0.369 e. The Labute approximate surface area is 173 Å². The first-order valence-corrected chi connectivity index (χ1v) is 10.2. The molecule has 156 valence electrons. The largest absolute Gasteiger partial charge is 0.417 e. The summed E-state index contributed by atoms with van der Waals surface area (Å²) in [5.74, 6) is 0. The molecule has 1 fully saturated rings. The fraction of sp³-hybridized carbons (Fsp3) is 0.391. The monoisotopic (exact) mass is 412 g/mol. The van der Waals surface area contributed by atoms with E-state index in [1.807, 2.05) is 36.4 Å². The maximum atomic E-state index is 13.4. The lowest BCUT2D eigenvalue weighted by Gasteiger charge is -2.39. The highest BCUT2D eigenvalue weighted by Crippen LogP contribution is 2.38. The first kappa shape index (κ1) is 20.3. The molecule has 4 nitrogen and oxygen atoms in total. The van der Waals surface area contributed by atoms with Crippen molar-refractivity contribution in [1.82, 2.24) is 9.55 Å². The average Bonchev–Trinajstić information content (AvgIpc) is 3.18. The van der Waals surface area contributed by atoms with Gasteiger partial charge in [0.05, 0.1) is 34.6 Å². The molecule has 2 aromatic carbocycles. The van der Waals surface area contributed by atoms with Gasteiger partial charge in [-0.15, -0.1) is 0 Å². The van der Waals surface area contributed by atoms with Crippen molar-refractivity contribution in [2.45, 2.75) is 50.9 Å². The van der Waals surface area contributed by atoms with Gasteiger partial charge in [0, 0.05) is 24.3 Å². The normalized spacial score (nSPS) is 19.6. The van der Waals surface area contributed by atoms with E-state index in [-0.39, 0.29) is 17.6 Å². The summed E-state index contributed by atoms with van der Waals surface area (Å²) >= 11 is 0. The van der Waals surface area contributed by atoms with Crippen molar-refractivity contribution in [1.29, 1.82) is 5.26 Å². The number of hydrogen-bond donors (Lipinski definition) is 0.